The van der Waals surface area contributed by atoms with Gasteiger partial charge in [-0.3, -0.25) is 19.3 Å². The van der Waals surface area contributed by atoms with Crippen LogP contribution in [0.3, 0.4) is 0 Å². The van der Waals surface area contributed by atoms with Gasteiger partial charge in [0.05, 0.1) is 17.3 Å². The number of carbonyl (C=O) groups is 3. The molecule has 6 nitrogen and oxygen atoms in total. The zero-order valence-corrected chi connectivity index (χ0v) is 17.4. The van der Waals surface area contributed by atoms with E-state index >= 15 is 0 Å². The van der Waals surface area contributed by atoms with E-state index in [1.807, 2.05) is 43.3 Å². The molecule has 1 saturated heterocycles. The third-order valence-corrected chi connectivity index (χ3v) is 6.16. The van der Waals surface area contributed by atoms with Gasteiger partial charge in [0.1, 0.15) is 12.2 Å². The number of nitrogens with one attached hydrogen (secondary N) is 1. The Kier molecular flexibility index (Phi) is 5.33. The van der Waals surface area contributed by atoms with Gasteiger partial charge in [-0.05, 0) is 37.5 Å². The van der Waals surface area contributed by atoms with Crippen LogP contribution in [0, 0.1) is 0 Å². The van der Waals surface area contributed by atoms with E-state index in [0.717, 1.165) is 18.4 Å². The Labute approximate surface area is 176 Å². The molecule has 2 heterocycles. The minimum Gasteiger partial charge on any atom is -0.348 e. The van der Waals surface area contributed by atoms with Crippen LogP contribution in [-0.4, -0.2) is 34.8 Å². The predicted octanol–water partition coefficient (Wildman–Crippen LogP) is 3.64. The molecule has 0 saturated carbocycles. The minimum atomic E-state index is -0.827. The van der Waals surface area contributed by atoms with Gasteiger partial charge in [0.25, 0.3) is 5.91 Å². The molecule has 0 aliphatic carbocycles. The number of hydrogen-bond acceptors (Lipinski definition) is 3. The maximum atomic E-state index is 13.3. The summed E-state index contributed by atoms with van der Waals surface area (Å²) in [6.07, 6.45) is 2.61. The summed E-state index contributed by atoms with van der Waals surface area (Å²) in [5.74, 6) is -0.442. The number of para-hydroxylation sites is 1. The number of fused-ring (bicyclic) bond motifs is 3. The highest BCUT2D eigenvalue weighted by Crippen LogP contribution is 2.43. The summed E-state index contributed by atoms with van der Waals surface area (Å²) >= 11 is 0. The van der Waals surface area contributed by atoms with Crippen LogP contribution in [0.5, 0.6) is 0 Å². The zero-order valence-electron chi connectivity index (χ0n) is 17.4. The topological polar surface area (TPSA) is 69.7 Å². The van der Waals surface area contributed by atoms with Gasteiger partial charge in [0.2, 0.25) is 11.8 Å². The van der Waals surface area contributed by atoms with Crippen LogP contribution in [0.15, 0.2) is 54.6 Å². The van der Waals surface area contributed by atoms with Crippen molar-refractivity contribution in [3.8, 4) is 0 Å². The SMILES string of the molecule is CCCC(NC(=O)CN1C(=O)c2ccccc2N2C(=O)CCC12C)c1ccccc1. The van der Waals surface area contributed by atoms with Crippen LogP contribution in [0.25, 0.3) is 0 Å². The lowest BCUT2D eigenvalue weighted by molar-refractivity contribution is -0.124. The van der Waals surface area contributed by atoms with Crippen LogP contribution >= 0.6 is 0 Å². The molecule has 2 aliphatic rings. The molecule has 0 bridgehead atoms. The summed E-state index contributed by atoms with van der Waals surface area (Å²) in [5, 5.41) is 3.10. The van der Waals surface area contributed by atoms with Crippen LogP contribution < -0.4 is 10.2 Å². The van der Waals surface area contributed by atoms with E-state index < -0.39 is 5.66 Å². The van der Waals surface area contributed by atoms with Crippen LogP contribution in [0.2, 0.25) is 0 Å². The number of nitrogens with zero attached hydrogens (tertiary/aromatic N) is 2. The van der Waals surface area contributed by atoms with Gasteiger partial charge in [-0.2, -0.15) is 0 Å². The fourth-order valence-corrected chi connectivity index (χ4v) is 4.62. The molecule has 3 amide bonds. The van der Waals surface area contributed by atoms with Gasteiger partial charge in [-0.15, -0.1) is 0 Å². The first kappa shape index (κ1) is 20.1. The molecule has 0 spiro atoms. The second kappa shape index (κ2) is 7.94. The summed E-state index contributed by atoms with van der Waals surface area (Å²) in [6, 6.07) is 16.9. The molecule has 2 aliphatic heterocycles. The van der Waals surface area contributed by atoms with Crippen molar-refractivity contribution in [2.75, 3.05) is 11.4 Å². The lowest BCUT2D eigenvalue weighted by Gasteiger charge is -2.48. The third-order valence-electron chi connectivity index (χ3n) is 6.16. The molecule has 2 aromatic carbocycles. The number of hydrogen-bond donors (Lipinski definition) is 1. The number of anilines is 1. The van der Waals surface area contributed by atoms with Crippen LogP contribution in [0.4, 0.5) is 5.69 Å². The van der Waals surface area contributed by atoms with E-state index in [4.69, 9.17) is 0 Å². The Morgan fingerprint density at radius 1 is 1.10 bits per heavy atom. The lowest BCUT2D eigenvalue weighted by atomic mass is 9.98. The van der Waals surface area contributed by atoms with Crippen LogP contribution in [0.1, 0.15) is 61.5 Å². The summed E-state index contributed by atoms with van der Waals surface area (Å²) in [5.41, 5.74) is 1.32. The highest BCUT2D eigenvalue weighted by atomic mass is 16.2. The highest BCUT2D eigenvalue weighted by Gasteiger charge is 2.53. The quantitative estimate of drug-likeness (QED) is 0.798. The van der Waals surface area contributed by atoms with E-state index in [1.54, 1.807) is 28.0 Å². The summed E-state index contributed by atoms with van der Waals surface area (Å²) in [7, 11) is 0. The van der Waals surface area contributed by atoms with Crippen molar-refractivity contribution in [1.82, 2.24) is 10.2 Å². The zero-order chi connectivity index (χ0) is 21.3. The third kappa shape index (κ3) is 3.36. The first-order valence-electron chi connectivity index (χ1n) is 10.5. The van der Waals surface area contributed by atoms with E-state index in [9.17, 15) is 14.4 Å². The lowest BCUT2D eigenvalue weighted by Crippen LogP contribution is -2.63. The molecular formula is C24H27N3O3. The number of carbonyl (C=O) groups excluding carboxylic acids is 3. The Morgan fingerprint density at radius 2 is 1.80 bits per heavy atom. The first-order chi connectivity index (χ1) is 14.5. The minimum absolute atomic E-state index is 0.0176. The van der Waals surface area contributed by atoms with Gasteiger partial charge < -0.3 is 10.2 Å². The second-order valence-electron chi connectivity index (χ2n) is 8.17. The molecule has 1 fully saturated rings. The Balaban J connectivity index is 1.60. The highest BCUT2D eigenvalue weighted by molar-refractivity contribution is 6.11. The maximum Gasteiger partial charge on any atom is 0.258 e. The smallest absolute Gasteiger partial charge is 0.258 e. The molecule has 2 aromatic rings. The number of benzene rings is 2. The fraction of sp³-hybridized carbons (Fsp3) is 0.375. The van der Waals surface area contributed by atoms with Gasteiger partial charge in [0, 0.05) is 6.42 Å². The number of rotatable bonds is 6. The summed E-state index contributed by atoms with van der Waals surface area (Å²) < 4.78 is 0. The monoisotopic (exact) mass is 405 g/mol. The fourth-order valence-electron chi connectivity index (χ4n) is 4.62. The van der Waals surface area contributed by atoms with Crippen molar-refractivity contribution < 1.29 is 14.4 Å². The van der Waals surface area contributed by atoms with E-state index in [-0.39, 0.29) is 30.3 Å². The van der Waals surface area contributed by atoms with Gasteiger partial charge in [-0.1, -0.05) is 55.8 Å². The van der Waals surface area contributed by atoms with E-state index in [2.05, 4.69) is 12.2 Å². The molecule has 4 rings (SSSR count). The average molecular weight is 405 g/mol. The van der Waals surface area contributed by atoms with Gasteiger partial charge >= 0.3 is 0 Å². The first-order valence-corrected chi connectivity index (χ1v) is 10.5. The maximum absolute atomic E-state index is 13.3. The van der Waals surface area contributed by atoms with Crippen molar-refractivity contribution >= 4 is 23.4 Å². The molecule has 30 heavy (non-hydrogen) atoms. The Bertz CT molecular complexity index is 975. The van der Waals surface area contributed by atoms with Crippen molar-refractivity contribution in [3.05, 3.63) is 65.7 Å². The Hall–Kier alpha value is -3.15. The van der Waals surface area contributed by atoms with Crippen molar-refractivity contribution in [3.63, 3.8) is 0 Å². The molecule has 1 N–H and O–H groups in total. The van der Waals surface area contributed by atoms with Crippen molar-refractivity contribution in [2.24, 2.45) is 0 Å². The van der Waals surface area contributed by atoms with Crippen LogP contribution in [-0.2, 0) is 9.59 Å². The summed E-state index contributed by atoms with van der Waals surface area (Å²) in [4.78, 5) is 42.2. The Morgan fingerprint density at radius 3 is 2.53 bits per heavy atom. The molecule has 6 heteroatoms. The molecule has 2 atom stereocenters. The number of amides is 3. The largest absolute Gasteiger partial charge is 0.348 e. The average Bonchev–Trinajstić information content (AvgIpc) is 3.07. The molecule has 0 aromatic heterocycles. The predicted molar refractivity (Wildman–Crippen MR) is 115 cm³/mol. The second-order valence-corrected chi connectivity index (χ2v) is 8.17. The normalized spacial score (nSPS) is 21.3. The van der Waals surface area contributed by atoms with Crippen molar-refractivity contribution in [2.45, 2.75) is 51.2 Å². The van der Waals surface area contributed by atoms with E-state index in [1.165, 1.54) is 0 Å². The van der Waals surface area contributed by atoms with Gasteiger partial charge in [0.15, 0.2) is 0 Å². The van der Waals surface area contributed by atoms with Gasteiger partial charge in [-0.25, -0.2) is 0 Å². The molecule has 0 radical (unpaired) electrons. The molecule has 156 valence electrons. The van der Waals surface area contributed by atoms with Crippen molar-refractivity contribution in [1.29, 1.82) is 0 Å². The standard InChI is InChI=1S/C24H27N3O3/c1-3-9-19(17-10-5-4-6-11-17)25-21(28)16-26-23(30)18-12-7-8-13-20(18)27-22(29)14-15-24(26,27)2/h4-8,10-13,19H,3,9,14-16H2,1-2H3,(H,25,28). The molecule has 2 unspecified atom stereocenters. The summed E-state index contributed by atoms with van der Waals surface area (Å²) in [6.45, 7) is 3.87. The van der Waals surface area contributed by atoms with E-state index in [0.29, 0.717) is 24.1 Å². The molecular weight excluding hydrogens is 378 g/mol.